The van der Waals surface area contributed by atoms with E-state index in [4.69, 9.17) is 26.8 Å². The summed E-state index contributed by atoms with van der Waals surface area (Å²) < 4.78 is 10.7. The van der Waals surface area contributed by atoms with Gasteiger partial charge in [0.25, 0.3) is 5.91 Å². The number of hydrogen-bond acceptors (Lipinski definition) is 4. The molecule has 1 saturated heterocycles. The van der Waals surface area contributed by atoms with Gasteiger partial charge >= 0.3 is 0 Å². The van der Waals surface area contributed by atoms with Crippen molar-refractivity contribution in [1.82, 2.24) is 4.90 Å². The van der Waals surface area contributed by atoms with Crippen LogP contribution in [0.25, 0.3) is 0 Å². The summed E-state index contributed by atoms with van der Waals surface area (Å²) in [5.41, 5.74) is 6.60. The van der Waals surface area contributed by atoms with Crippen molar-refractivity contribution in [1.29, 1.82) is 0 Å². The molecule has 21 heavy (non-hydrogen) atoms. The highest BCUT2D eigenvalue weighted by Gasteiger charge is 2.29. The number of rotatable bonds is 5. The molecule has 0 radical (unpaired) electrons. The summed E-state index contributed by atoms with van der Waals surface area (Å²) in [6, 6.07) is 3.16. The summed E-state index contributed by atoms with van der Waals surface area (Å²) in [6.45, 7) is 4.79. The molecule has 1 amide bonds. The fourth-order valence-electron chi connectivity index (χ4n) is 2.51. The molecule has 116 valence electrons. The maximum absolute atomic E-state index is 12.6. The minimum absolute atomic E-state index is 0.0762. The average molecular weight is 313 g/mol. The Balaban J connectivity index is 2.12. The number of nitrogen functional groups attached to an aromatic ring is 1. The van der Waals surface area contributed by atoms with Crippen LogP contribution in [-0.2, 0) is 4.74 Å². The van der Waals surface area contributed by atoms with E-state index in [2.05, 4.69) is 0 Å². The lowest BCUT2D eigenvalue weighted by atomic mass is 10.1. The molecule has 0 aromatic heterocycles. The van der Waals surface area contributed by atoms with Gasteiger partial charge in [0.2, 0.25) is 0 Å². The second kappa shape index (κ2) is 7.00. The second-order valence-electron chi connectivity index (χ2n) is 5.14. The number of hydrogen-bond donors (Lipinski definition) is 1. The van der Waals surface area contributed by atoms with E-state index in [-0.39, 0.29) is 5.91 Å². The minimum atomic E-state index is -0.0762. The summed E-state index contributed by atoms with van der Waals surface area (Å²) in [5.74, 6) is 0.770. The van der Waals surface area contributed by atoms with Gasteiger partial charge in [0.05, 0.1) is 30.0 Å². The molecule has 1 aromatic rings. The number of benzene rings is 1. The standard InChI is InChI=1S/C15H21ClN2O3/c1-3-21-9-10-4-5-18(8-10)15(19)11-6-12(16)13(17)7-14(11)20-2/h6-7,10H,3-5,8-9,17H2,1-2H3. The number of carbonyl (C=O) groups is 1. The highest BCUT2D eigenvalue weighted by atomic mass is 35.5. The summed E-state index contributed by atoms with van der Waals surface area (Å²) in [7, 11) is 1.52. The molecule has 1 heterocycles. The van der Waals surface area contributed by atoms with Gasteiger partial charge in [-0.25, -0.2) is 0 Å². The van der Waals surface area contributed by atoms with Crippen molar-refractivity contribution in [3.05, 3.63) is 22.7 Å². The molecule has 1 aromatic carbocycles. The molecule has 0 bridgehead atoms. The predicted molar refractivity (Wildman–Crippen MR) is 82.9 cm³/mol. The molecule has 0 spiro atoms. The first-order valence-electron chi connectivity index (χ1n) is 7.06. The van der Waals surface area contributed by atoms with E-state index < -0.39 is 0 Å². The van der Waals surface area contributed by atoms with Gasteiger partial charge in [-0.15, -0.1) is 0 Å². The molecule has 2 N–H and O–H groups in total. The number of ether oxygens (including phenoxy) is 2. The van der Waals surface area contributed by atoms with Gasteiger partial charge < -0.3 is 20.1 Å². The monoisotopic (exact) mass is 312 g/mol. The summed E-state index contributed by atoms with van der Waals surface area (Å²) >= 11 is 6.02. The van der Waals surface area contributed by atoms with Crippen LogP contribution in [0.3, 0.4) is 0 Å². The van der Waals surface area contributed by atoms with E-state index in [0.29, 0.717) is 47.7 Å². The normalized spacial score (nSPS) is 18.0. The summed E-state index contributed by atoms with van der Waals surface area (Å²) in [4.78, 5) is 14.4. The van der Waals surface area contributed by atoms with Gasteiger partial charge in [0.15, 0.2) is 0 Å². The lowest BCUT2D eigenvalue weighted by Crippen LogP contribution is -2.29. The molecule has 2 rings (SSSR count). The Bertz CT molecular complexity index is 522. The van der Waals surface area contributed by atoms with Crippen LogP contribution in [0.15, 0.2) is 12.1 Å². The van der Waals surface area contributed by atoms with Gasteiger partial charge in [0, 0.05) is 31.7 Å². The highest BCUT2D eigenvalue weighted by Crippen LogP contribution is 2.31. The van der Waals surface area contributed by atoms with Crippen LogP contribution in [0.2, 0.25) is 5.02 Å². The third kappa shape index (κ3) is 3.60. The molecule has 1 fully saturated rings. The van der Waals surface area contributed by atoms with Gasteiger partial charge in [-0.1, -0.05) is 11.6 Å². The number of nitrogens with two attached hydrogens (primary N) is 1. The number of carbonyl (C=O) groups excluding carboxylic acids is 1. The summed E-state index contributed by atoms with van der Waals surface area (Å²) in [6.07, 6.45) is 0.955. The Kier molecular flexibility index (Phi) is 5.31. The second-order valence-corrected chi connectivity index (χ2v) is 5.55. The van der Waals surface area contributed by atoms with Crippen LogP contribution in [0.5, 0.6) is 5.75 Å². The number of nitrogens with zero attached hydrogens (tertiary/aromatic N) is 1. The largest absolute Gasteiger partial charge is 0.496 e. The quantitative estimate of drug-likeness (QED) is 0.848. The van der Waals surface area contributed by atoms with Crippen LogP contribution in [0.4, 0.5) is 5.69 Å². The van der Waals surface area contributed by atoms with Gasteiger partial charge in [-0.2, -0.15) is 0 Å². The molecule has 0 saturated carbocycles. The Morgan fingerprint density at radius 1 is 1.52 bits per heavy atom. The minimum Gasteiger partial charge on any atom is -0.496 e. The molecular weight excluding hydrogens is 292 g/mol. The van der Waals surface area contributed by atoms with Crippen molar-refractivity contribution >= 4 is 23.2 Å². The lowest BCUT2D eigenvalue weighted by molar-refractivity contribution is 0.0759. The molecule has 5 nitrogen and oxygen atoms in total. The first-order chi connectivity index (χ1) is 10.1. The fourth-order valence-corrected chi connectivity index (χ4v) is 2.68. The van der Waals surface area contributed by atoms with Crippen molar-refractivity contribution in [3.63, 3.8) is 0 Å². The third-order valence-electron chi connectivity index (χ3n) is 3.68. The van der Waals surface area contributed by atoms with E-state index in [1.165, 1.54) is 7.11 Å². The summed E-state index contributed by atoms with van der Waals surface area (Å²) in [5, 5.41) is 0.365. The lowest BCUT2D eigenvalue weighted by Gasteiger charge is -2.19. The third-order valence-corrected chi connectivity index (χ3v) is 4.01. The predicted octanol–water partition coefficient (Wildman–Crippen LogP) is 2.43. The van der Waals surface area contributed by atoms with Crippen molar-refractivity contribution in [2.24, 2.45) is 5.92 Å². The van der Waals surface area contributed by atoms with Crippen LogP contribution < -0.4 is 10.5 Å². The van der Waals surface area contributed by atoms with Gasteiger partial charge in [-0.3, -0.25) is 4.79 Å². The van der Waals surface area contributed by atoms with Crippen LogP contribution in [0, 0.1) is 5.92 Å². The zero-order valence-corrected chi connectivity index (χ0v) is 13.2. The molecule has 1 atom stereocenters. The number of amides is 1. The molecule has 6 heteroatoms. The van der Waals surface area contributed by atoms with Crippen molar-refractivity contribution in [2.75, 3.05) is 39.1 Å². The van der Waals surface area contributed by atoms with E-state index in [1.807, 2.05) is 11.8 Å². The topological polar surface area (TPSA) is 64.8 Å². The zero-order valence-electron chi connectivity index (χ0n) is 12.4. The number of anilines is 1. The maximum Gasteiger partial charge on any atom is 0.257 e. The van der Waals surface area contributed by atoms with Gasteiger partial charge in [0.1, 0.15) is 5.75 Å². The highest BCUT2D eigenvalue weighted by molar-refractivity contribution is 6.33. The Morgan fingerprint density at radius 3 is 2.95 bits per heavy atom. The van der Waals surface area contributed by atoms with Crippen LogP contribution in [0.1, 0.15) is 23.7 Å². The first kappa shape index (κ1) is 15.9. The maximum atomic E-state index is 12.6. The van der Waals surface area contributed by atoms with Crippen LogP contribution >= 0.6 is 11.6 Å². The van der Waals surface area contributed by atoms with E-state index in [1.54, 1.807) is 12.1 Å². The number of methoxy groups -OCH3 is 1. The Hall–Kier alpha value is -1.46. The average Bonchev–Trinajstić information content (AvgIpc) is 2.95. The fraction of sp³-hybridized carbons (Fsp3) is 0.533. The molecular formula is C15H21ClN2O3. The van der Waals surface area contributed by atoms with E-state index in [0.717, 1.165) is 13.0 Å². The van der Waals surface area contributed by atoms with Crippen molar-refractivity contribution in [3.8, 4) is 5.75 Å². The van der Waals surface area contributed by atoms with Crippen LogP contribution in [-0.4, -0.2) is 44.2 Å². The Morgan fingerprint density at radius 2 is 2.29 bits per heavy atom. The molecule has 0 aliphatic carbocycles. The number of likely N-dealkylation sites (tertiary alicyclic amines) is 1. The van der Waals surface area contributed by atoms with Crippen molar-refractivity contribution < 1.29 is 14.3 Å². The van der Waals surface area contributed by atoms with E-state index >= 15 is 0 Å². The van der Waals surface area contributed by atoms with Crippen molar-refractivity contribution in [2.45, 2.75) is 13.3 Å². The van der Waals surface area contributed by atoms with Gasteiger partial charge in [-0.05, 0) is 19.4 Å². The zero-order chi connectivity index (χ0) is 15.4. The number of halogens is 1. The Labute approximate surface area is 130 Å². The molecule has 1 aliphatic heterocycles. The first-order valence-corrected chi connectivity index (χ1v) is 7.44. The molecule has 1 unspecified atom stereocenters. The van der Waals surface area contributed by atoms with E-state index in [9.17, 15) is 4.79 Å². The molecule has 1 aliphatic rings. The SMILES string of the molecule is CCOCC1CCN(C(=O)c2cc(Cl)c(N)cc2OC)C1. The smallest absolute Gasteiger partial charge is 0.257 e.